The van der Waals surface area contributed by atoms with Gasteiger partial charge < -0.3 is 30.1 Å². The minimum Gasteiger partial charge on any atom is -0.494 e. The third-order valence-electron chi connectivity index (χ3n) is 11.0. The molecule has 21 nitrogen and oxygen atoms in total. The Morgan fingerprint density at radius 1 is 0.773 bits per heavy atom. The Bertz CT molecular complexity index is 3090. The number of methoxy groups -OCH3 is 1. The largest absolute Gasteiger partial charge is 0.494 e. The molecule has 22 heteroatoms. The molecule has 0 atom stereocenters. The molecule has 4 amide bonds. The lowest BCUT2D eigenvalue weighted by molar-refractivity contribution is 0.0991. The Morgan fingerprint density at radius 3 is 1.68 bits per heavy atom. The smallest absolute Gasteiger partial charge is 0.276 e. The fourth-order valence-corrected chi connectivity index (χ4v) is 8.69. The van der Waals surface area contributed by atoms with Crippen LogP contribution in [0.5, 0.6) is 11.5 Å². The number of nitrogens with zero attached hydrogens (tertiary/aromatic N) is 9. The van der Waals surface area contributed by atoms with Crippen LogP contribution in [-0.2, 0) is 36.2 Å². The summed E-state index contributed by atoms with van der Waals surface area (Å²) in [6, 6.07) is 9.35. The highest BCUT2D eigenvalue weighted by Crippen LogP contribution is 2.33. The van der Waals surface area contributed by atoms with E-state index in [0.717, 1.165) is 0 Å². The number of aryl methyl sites for hydroxylation is 4. The van der Waals surface area contributed by atoms with Gasteiger partial charge in [0.15, 0.2) is 0 Å². The molecule has 346 valence electrons. The summed E-state index contributed by atoms with van der Waals surface area (Å²) in [6.07, 6.45) is 5.97. The predicted molar refractivity (Wildman–Crippen MR) is 246 cm³/mol. The van der Waals surface area contributed by atoms with Crippen LogP contribution in [0.3, 0.4) is 0 Å². The lowest BCUT2D eigenvalue weighted by Gasteiger charge is -2.27. The van der Waals surface area contributed by atoms with E-state index in [1.807, 2.05) is 26.0 Å². The standard InChI is InChI=1S/C44H51N13O8S/c1-7-56-33(20-26(3)51-56)41(60)49-43-47-31-22-29(39(45)58)24-35(64-5)37(31)54(43)15-9-10-16-55-38-32(48-44(55)50-42(61)34-21-27(4)52-57(34)8-2)23-30(40(46)59)25-36(38)65-19-11-12-28-13-17-53(18-14-28)66(6,62)63/h9-10,20-25,28H,7-8,13-19H2,1-6H3,(H2,45,58)(H2,46,59)(H,47,49,60)(H,48,50,61)/b10-9+. The average molecular weight is 922 g/mol. The van der Waals surface area contributed by atoms with Crippen molar-refractivity contribution in [3.8, 4) is 23.3 Å². The van der Waals surface area contributed by atoms with Gasteiger partial charge in [0, 0.05) is 56.3 Å². The van der Waals surface area contributed by atoms with Crippen molar-refractivity contribution >= 4 is 67.6 Å². The molecule has 2 aromatic carbocycles. The maximum Gasteiger partial charge on any atom is 0.276 e. The SMILES string of the molecule is CCn1nc(C)cc1C(=O)Nc1nc2cc(C(N)=O)cc(OC)c2n1C/C=C/Cn1c(NC(=O)c2cc(C)nn2CC)nc2cc(C(N)=O)cc(OCC#CC3CCN(S(C)(=O)=O)CC3)c21. The fraction of sp³-hybridized carbons (Fsp3) is 0.364. The molecule has 0 unspecified atom stereocenters. The molecule has 0 bridgehead atoms. The molecule has 0 aliphatic carbocycles. The number of sulfonamides is 1. The number of nitrogens with two attached hydrogens (primary N) is 2. The van der Waals surface area contributed by atoms with Crippen molar-refractivity contribution in [2.45, 2.75) is 66.7 Å². The fourth-order valence-electron chi connectivity index (χ4n) is 7.82. The number of piperidine rings is 1. The van der Waals surface area contributed by atoms with E-state index >= 15 is 0 Å². The number of carbonyl (C=O) groups excluding carboxylic acids is 4. The highest BCUT2D eigenvalue weighted by Gasteiger charge is 2.25. The van der Waals surface area contributed by atoms with Crippen molar-refractivity contribution in [2.24, 2.45) is 17.4 Å². The normalized spacial score (nSPS) is 13.5. The van der Waals surface area contributed by atoms with Crippen LogP contribution in [0.15, 0.2) is 48.6 Å². The maximum absolute atomic E-state index is 13.8. The zero-order valence-electron chi connectivity index (χ0n) is 37.4. The summed E-state index contributed by atoms with van der Waals surface area (Å²) >= 11 is 0. The number of nitrogens with one attached hydrogen (secondary N) is 2. The van der Waals surface area contributed by atoms with Gasteiger partial charge in [-0.3, -0.25) is 39.2 Å². The van der Waals surface area contributed by atoms with Crippen LogP contribution >= 0.6 is 0 Å². The number of ether oxygens (including phenoxy) is 2. The Morgan fingerprint density at radius 2 is 1.24 bits per heavy atom. The molecule has 66 heavy (non-hydrogen) atoms. The molecule has 0 spiro atoms. The lowest BCUT2D eigenvalue weighted by atomic mass is 9.99. The summed E-state index contributed by atoms with van der Waals surface area (Å²) in [7, 11) is -1.84. The monoisotopic (exact) mass is 921 g/mol. The van der Waals surface area contributed by atoms with Crippen molar-refractivity contribution in [3.63, 3.8) is 0 Å². The number of imidazole rings is 2. The van der Waals surface area contributed by atoms with Crippen molar-refractivity contribution in [1.82, 2.24) is 43.0 Å². The van der Waals surface area contributed by atoms with Gasteiger partial charge in [-0.05, 0) is 76.9 Å². The molecule has 1 fully saturated rings. The number of carbonyl (C=O) groups is 4. The van der Waals surface area contributed by atoms with Crippen molar-refractivity contribution < 1.29 is 37.1 Å². The van der Waals surface area contributed by atoms with Crippen LogP contribution in [0.25, 0.3) is 22.1 Å². The highest BCUT2D eigenvalue weighted by atomic mass is 32.2. The molecule has 4 aromatic heterocycles. The summed E-state index contributed by atoms with van der Waals surface area (Å²) in [4.78, 5) is 61.8. The number of amides is 4. The summed E-state index contributed by atoms with van der Waals surface area (Å²) in [6.45, 7) is 9.11. The highest BCUT2D eigenvalue weighted by molar-refractivity contribution is 7.88. The number of rotatable bonds is 16. The Kier molecular flexibility index (Phi) is 13.6. The summed E-state index contributed by atoms with van der Waals surface area (Å²) in [5.74, 6) is 4.65. The number of allylic oxidation sites excluding steroid dienone is 2. The average Bonchev–Trinajstić information content (AvgIpc) is 4.05. The topological polar surface area (TPSA) is 272 Å². The first-order chi connectivity index (χ1) is 31.5. The zero-order chi connectivity index (χ0) is 47.4. The first kappa shape index (κ1) is 46.5. The van der Waals surface area contributed by atoms with Crippen LogP contribution < -0.4 is 31.6 Å². The van der Waals surface area contributed by atoms with E-state index in [0.29, 0.717) is 89.6 Å². The molecule has 6 aromatic rings. The molecule has 0 radical (unpaired) electrons. The van der Waals surface area contributed by atoms with Crippen LogP contribution in [-0.4, -0.2) is 108 Å². The van der Waals surface area contributed by atoms with Crippen molar-refractivity contribution in [3.05, 3.63) is 82.5 Å². The minimum absolute atomic E-state index is 0.0306. The summed E-state index contributed by atoms with van der Waals surface area (Å²) < 4.78 is 43.9. The van der Waals surface area contributed by atoms with Gasteiger partial charge >= 0.3 is 0 Å². The van der Waals surface area contributed by atoms with Crippen molar-refractivity contribution in [1.29, 1.82) is 0 Å². The first-order valence-corrected chi connectivity index (χ1v) is 23.0. The van der Waals surface area contributed by atoms with E-state index in [-0.39, 0.29) is 54.4 Å². The minimum atomic E-state index is -3.29. The van der Waals surface area contributed by atoms with Gasteiger partial charge in [0.25, 0.3) is 11.8 Å². The zero-order valence-corrected chi connectivity index (χ0v) is 38.2. The van der Waals surface area contributed by atoms with Gasteiger partial charge in [0.05, 0.1) is 35.8 Å². The van der Waals surface area contributed by atoms with E-state index in [9.17, 15) is 27.6 Å². The number of benzene rings is 2. The molecule has 0 saturated carbocycles. The molecule has 5 heterocycles. The molecule has 7 rings (SSSR count). The van der Waals surface area contributed by atoms with Crippen LogP contribution in [0, 0.1) is 31.6 Å². The second-order valence-electron chi connectivity index (χ2n) is 15.6. The van der Waals surface area contributed by atoms with E-state index in [1.165, 1.54) is 41.9 Å². The van der Waals surface area contributed by atoms with Gasteiger partial charge in [0.1, 0.15) is 40.5 Å². The Labute approximate surface area is 380 Å². The molecule has 1 aliphatic rings. The molecule has 6 N–H and O–H groups in total. The lowest BCUT2D eigenvalue weighted by Crippen LogP contribution is -2.37. The van der Waals surface area contributed by atoms with Crippen LogP contribution in [0.1, 0.15) is 79.8 Å². The Hall–Kier alpha value is -7.51. The molecular formula is C44H51N13O8S. The number of fused-ring (bicyclic) bond motifs is 2. The van der Waals surface area contributed by atoms with E-state index in [2.05, 4.69) is 37.7 Å². The number of aromatic nitrogens is 8. The first-order valence-electron chi connectivity index (χ1n) is 21.1. The maximum atomic E-state index is 13.8. The van der Waals surface area contributed by atoms with Crippen molar-refractivity contribution in [2.75, 3.05) is 43.7 Å². The van der Waals surface area contributed by atoms with Gasteiger partial charge in [-0.15, -0.1) is 0 Å². The van der Waals surface area contributed by atoms with Crippen LogP contribution in [0.4, 0.5) is 11.9 Å². The number of hydrogen-bond acceptors (Lipinski definition) is 12. The summed E-state index contributed by atoms with van der Waals surface area (Å²) in [5.41, 5.74) is 15.2. The second kappa shape index (κ2) is 19.3. The second-order valence-corrected chi connectivity index (χ2v) is 17.6. The van der Waals surface area contributed by atoms with E-state index in [1.54, 1.807) is 44.5 Å². The molecule has 1 aliphatic heterocycles. The van der Waals surface area contributed by atoms with Gasteiger partial charge in [0.2, 0.25) is 33.7 Å². The number of primary amides is 2. The third kappa shape index (κ3) is 9.91. The molecular weight excluding hydrogens is 871 g/mol. The quantitative estimate of drug-likeness (QED) is 0.0803. The predicted octanol–water partition coefficient (Wildman–Crippen LogP) is 3.46. The van der Waals surface area contributed by atoms with Gasteiger partial charge in [-0.1, -0.05) is 24.0 Å². The summed E-state index contributed by atoms with van der Waals surface area (Å²) in [5, 5.41) is 14.6. The van der Waals surface area contributed by atoms with Gasteiger partial charge in [-0.2, -0.15) is 10.2 Å². The third-order valence-corrected chi connectivity index (χ3v) is 12.3. The van der Waals surface area contributed by atoms with Crippen LogP contribution in [0.2, 0.25) is 0 Å². The van der Waals surface area contributed by atoms with E-state index < -0.39 is 33.7 Å². The number of anilines is 2. The van der Waals surface area contributed by atoms with E-state index in [4.69, 9.17) is 25.9 Å². The molecule has 1 saturated heterocycles. The number of hydrogen-bond donors (Lipinski definition) is 4. The van der Waals surface area contributed by atoms with Gasteiger partial charge in [-0.25, -0.2) is 22.7 Å². The Balaban J connectivity index is 1.25.